The summed E-state index contributed by atoms with van der Waals surface area (Å²) in [4.78, 5) is 26.6. The topological polar surface area (TPSA) is 58.6 Å². The number of morpholine rings is 1. The number of ether oxygens (including phenoxy) is 1. The van der Waals surface area contributed by atoms with Crippen molar-refractivity contribution >= 4 is 11.7 Å². The lowest BCUT2D eigenvalue weighted by Crippen LogP contribution is -2.41. The number of anilines is 1. The van der Waals surface area contributed by atoms with Gasteiger partial charge < -0.3 is 14.5 Å². The van der Waals surface area contributed by atoms with E-state index in [2.05, 4.69) is 37.6 Å². The number of rotatable bonds is 4. The van der Waals surface area contributed by atoms with Gasteiger partial charge in [-0.2, -0.15) is 0 Å². The Morgan fingerprint density at radius 2 is 1.89 bits per heavy atom. The van der Waals surface area contributed by atoms with Gasteiger partial charge in [-0.15, -0.1) is 0 Å². The van der Waals surface area contributed by atoms with Gasteiger partial charge in [0.05, 0.1) is 25.5 Å². The van der Waals surface area contributed by atoms with Crippen molar-refractivity contribution in [3.8, 4) is 0 Å². The second kappa shape index (κ2) is 8.13. The van der Waals surface area contributed by atoms with Crippen molar-refractivity contribution in [2.75, 3.05) is 37.7 Å². The Morgan fingerprint density at radius 1 is 1.19 bits per heavy atom. The third kappa shape index (κ3) is 5.18. The molecule has 150 valence electrons. The van der Waals surface area contributed by atoms with E-state index in [0.29, 0.717) is 18.9 Å². The van der Waals surface area contributed by atoms with Gasteiger partial charge in [-0.1, -0.05) is 27.7 Å². The van der Waals surface area contributed by atoms with Gasteiger partial charge in [0.15, 0.2) is 0 Å². The maximum absolute atomic E-state index is 12.9. The quantitative estimate of drug-likeness (QED) is 0.811. The third-order valence-corrected chi connectivity index (χ3v) is 5.30. The van der Waals surface area contributed by atoms with Gasteiger partial charge in [0.25, 0.3) is 0 Å². The van der Waals surface area contributed by atoms with Crippen LogP contribution in [-0.2, 0) is 22.5 Å². The van der Waals surface area contributed by atoms with Gasteiger partial charge in [0.1, 0.15) is 11.6 Å². The van der Waals surface area contributed by atoms with E-state index in [9.17, 15) is 4.79 Å². The fraction of sp³-hybridized carbons (Fsp3) is 0.762. The summed E-state index contributed by atoms with van der Waals surface area (Å²) < 4.78 is 5.49. The molecule has 1 saturated heterocycles. The molecule has 1 atom stereocenters. The second-order valence-corrected chi connectivity index (χ2v) is 9.26. The number of hydrogen-bond acceptors (Lipinski definition) is 5. The molecular formula is C21H34N4O2. The van der Waals surface area contributed by atoms with Gasteiger partial charge in [0.2, 0.25) is 5.91 Å². The summed E-state index contributed by atoms with van der Waals surface area (Å²) in [5.41, 5.74) is 2.49. The van der Waals surface area contributed by atoms with E-state index in [1.165, 1.54) is 0 Å². The van der Waals surface area contributed by atoms with Crippen LogP contribution in [0.15, 0.2) is 0 Å². The number of aryl methyl sites for hydroxylation is 1. The summed E-state index contributed by atoms with van der Waals surface area (Å²) >= 11 is 0. The molecule has 0 aromatic carbocycles. The Bertz CT molecular complexity index is 677. The first-order valence-electron chi connectivity index (χ1n) is 10.2. The van der Waals surface area contributed by atoms with Crippen LogP contribution in [0.4, 0.5) is 5.82 Å². The van der Waals surface area contributed by atoms with Crippen molar-refractivity contribution < 1.29 is 9.53 Å². The number of hydrogen-bond donors (Lipinski definition) is 0. The zero-order valence-corrected chi connectivity index (χ0v) is 17.5. The van der Waals surface area contributed by atoms with Crippen molar-refractivity contribution in [1.29, 1.82) is 0 Å². The average Bonchev–Trinajstić information content (AvgIpc) is 2.59. The van der Waals surface area contributed by atoms with Gasteiger partial charge >= 0.3 is 0 Å². The molecule has 1 aromatic rings. The maximum atomic E-state index is 12.9. The van der Waals surface area contributed by atoms with Gasteiger partial charge in [-0.3, -0.25) is 4.79 Å². The van der Waals surface area contributed by atoms with Crippen LogP contribution in [0.25, 0.3) is 0 Å². The Hall–Kier alpha value is -1.69. The number of fused-ring (bicyclic) bond motifs is 1. The molecule has 0 unspecified atom stereocenters. The van der Waals surface area contributed by atoms with Crippen LogP contribution >= 0.6 is 0 Å². The molecule has 3 rings (SSSR count). The van der Waals surface area contributed by atoms with E-state index in [1.54, 1.807) is 0 Å². The SMILES string of the molecule is Cc1nc2c(c(N3CCOCC3)n1)CN(C(=O)C[C@H](C)CC(C)(C)C)CC2. The van der Waals surface area contributed by atoms with Crippen LogP contribution in [0.5, 0.6) is 0 Å². The molecule has 1 amide bonds. The lowest BCUT2D eigenvalue weighted by molar-refractivity contribution is -0.133. The minimum Gasteiger partial charge on any atom is -0.378 e. The van der Waals surface area contributed by atoms with E-state index in [4.69, 9.17) is 9.72 Å². The molecule has 2 aliphatic rings. The highest BCUT2D eigenvalue weighted by Crippen LogP contribution is 2.30. The summed E-state index contributed by atoms with van der Waals surface area (Å²) in [5, 5.41) is 0. The van der Waals surface area contributed by atoms with Crippen LogP contribution in [0.1, 0.15) is 57.6 Å². The molecule has 6 heteroatoms. The molecule has 1 fully saturated rings. The van der Waals surface area contributed by atoms with Crippen molar-refractivity contribution in [1.82, 2.24) is 14.9 Å². The van der Waals surface area contributed by atoms with Crippen molar-refractivity contribution in [3.63, 3.8) is 0 Å². The van der Waals surface area contributed by atoms with Gasteiger partial charge in [0, 0.05) is 38.0 Å². The summed E-state index contributed by atoms with van der Waals surface area (Å²) in [5.74, 6) is 2.47. The highest BCUT2D eigenvalue weighted by Gasteiger charge is 2.29. The molecule has 0 spiro atoms. The molecule has 1 aromatic heterocycles. The highest BCUT2D eigenvalue weighted by atomic mass is 16.5. The largest absolute Gasteiger partial charge is 0.378 e. The fourth-order valence-electron chi connectivity index (χ4n) is 4.31. The summed E-state index contributed by atoms with van der Waals surface area (Å²) in [7, 11) is 0. The van der Waals surface area contributed by atoms with E-state index in [1.807, 2.05) is 11.8 Å². The zero-order valence-electron chi connectivity index (χ0n) is 17.5. The van der Waals surface area contributed by atoms with Crippen LogP contribution in [0, 0.1) is 18.3 Å². The molecule has 0 radical (unpaired) electrons. The van der Waals surface area contributed by atoms with Crippen LogP contribution < -0.4 is 4.90 Å². The molecule has 6 nitrogen and oxygen atoms in total. The Kier molecular flexibility index (Phi) is 6.04. The molecule has 0 saturated carbocycles. The number of carbonyl (C=O) groups excluding carboxylic acids is 1. The predicted molar refractivity (Wildman–Crippen MR) is 107 cm³/mol. The molecule has 0 N–H and O–H groups in total. The first-order valence-corrected chi connectivity index (χ1v) is 10.2. The fourth-order valence-corrected chi connectivity index (χ4v) is 4.31. The second-order valence-electron chi connectivity index (χ2n) is 9.26. The summed E-state index contributed by atoms with van der Waals surface area (Å²) in [6, 6.07) is 0. The Morgan fingerprint density at radius 3 is 2.56 bits per heavy atom. The van der Waals surface area contributed by atoms with Crippen molar-refractivity contribution in [2.24, 2.45) is 11.3 Å². The van der Waals surface area contributed by atoms with E-state index >= 15 is 0 Å². The lowest BCUT2D eigenvalue weighted by Gasteiger charge is -2.35. The summed E-state index contributed by atoms with van der Waals surface area (Å²) in [6.07, 6.45) is 2.49. The minimum atomic E-state index is 0.253. The normalized spacial score (nSPS) is 19.0. The molecule has 0 bridgehead atoms. The van der Waals surface area contributed by atoms with Crippen LogP contribution in [0.2, 0.25) is 0 Å². The number of amides is 1. The van der Waals surface area contributed by atoms with Gasteiger partial charge in [-0.05, 0) is 24.7 Å². The summed E-state index contributed by atoms with van der Waals surface area (Å²) in [6.45, 7) is 15.4. The standard InChI is InChI=1S/C21H34N4O2/c1-15(13-21(3,4)5)12-19(26)25-7-6-18-17(14-25)20(23-16(2)22-18)24-8-10-27-11-9-24/h15H,6-14H2,1-5H3/t15-/m0/s1. The molecule has 0 aliphatic carbocycles. The van der Waals surface area contributed by atoms with E-state index in [-0.39, 0.29) is 11.3 Å². The van der Waals surface area contributed by atoms with Crippen LogP contribution in [-0.4, -0.2) is 53.6 Å². The third-order valence-electron chi connectivity index (χ3n) is 5.30. The van der Waals surface area contributed by atoms with Crippen molar-refractivity contribution in [2.45, 2.75) is 60.4 Å². The maximum Gasteiger partial charge on any atom is 0.223 e. The van der Waals surface area contributed by atoms with Crippen LogP contribution in [0.3, 0.4) is 0 Å². The average molecular weight is 375 g/mol. The molecule has 3 heterocycles. The van der Waals surface area contributed by atoms with E-state index in [0.717, 1.165) is 68.6 Å². The highest BCUT2D eigenvalue weighted by molar-refractivity contribution is 5.77. The van der Waals surface area contributed by atoms with Crippen molar-refractivity contribution in [3.05, 3.63) is 17.1 Å². The van der Waals surface area contributed by atoms with E-state index < -0.39 is 0 Å². The number of aromatic nitrogens is 2. The predicted octanol–water partition coefficient (Wildman–Crippen LogP) is 2.97. The molecule has 27 heavy (non-hydrogen) atoms. The Labute approximate surface area is 163 Å². The first-order chi connectivity index (χ1) is 12.7. The molecular weight excluding hydrogens is 340 g/mol. The first kappa shape index (κ1) is 20.1. The zero-order chi connectivity index (χ0) is 19.6. The Balaban J connectivity index is 1.74. The number of nitrogens with zero attached hydrogens (tertiary/aromatic N) is 4. The lowest BCUT2D eigenvalue weighted by atomic mass is 9.84. The number of carbonyl (C=O) groups is 1. The minimum absolute atomic E-state index is 0.253. The smallest absolute Gasteiger partial charge is 0.223 e. The molecule has 2 aliphatic heterocycles. The van der Waals surface area contributed by atoms with Gasteiger partial charge in [-0.25, -0.2) is 9.97 Å². The monoisotopic (exact) mass is 374 g/mol.